The van der Waals surface area contributed by atoms with Crippen LogP contribution < -0.4 is 10.3 Å². The number of fused-ring (bicyclic) bond motifs is 1. The molecule has 0 spiro atoms. The molecule has 0 saturated carbocycles. The van der Waals surface area contributed by atoms with Gasteiger partial charge in [0.15, 0.2) is 0 Å². The Morgan fingerprint density at radius 1 is 1.33 bits per heavy atom. The first-order valence-corrected chi connectivity index (χ1v) is 9.58. The van der Waals surface area contributed by atoms with Gasteiger partial charge < -0.3 is 14.6 Å². The summed E-state index contributed by atoms with van der Waals surface area (Å²) in [6.07, 6.45) is 1.11. The molecule has 3 aromatic rings. The lowest BCUT2D eigenvalue weighted by Gasteiger charge is -2.27. The molecule has 1 aromatic carbocycles. The Labute approximate surface area is 160 Å². The van der Waals surface area contributed by atoms with Crippen molar-refractivity contribution in [3.63, 3.8) is 0 Å². The zero-order valence-corrected chi connectivity index (χ0v) is 15.7. The summed E-state index contributed by atoms with van der Waals surface area (Å²) in [6, 6.07) is 11.4. The number of carbonyl (C=O) groups is 1. The molecule has 1 aliphatic rings. The molecule has 0 unspecified atom stereocenters. The molecule has 0 bridgehead atoms. The standard InChI is InChI=1S/C20H19N3O3S/c1-26-14-5-2-4-13(10-14)11-18-21-16-7-8-23(12-15(16)19(24)22-18)20(25)17-6-3-9-27-17/h2-6,9-10H,7-8,11-12H2,1H3,(H,21,22,24). The van der Waals surface area contributed by atoms with E-state index in [2.05, 4.69) is 9.97 Å². The Bertz CT molecular complexity index is 1030. The molecule has 1 amide bonds. The fraction of sp³-hybridized carbons (Fsp3) is 0.250. The molecule has 7 heteroatoms. The minimum Gasteiger partial charge on any atom is -0.497 e. The van der Waals surface area contributed by atoms with Crippen molar-refractivity contribution in [1.29, 1.82) is 0 Å². The average Bonchev–Trinajstić information content (AvgIpc) is 3.22. The van der Waals surface area contributed by atoms with Crippen LogP contribution in [-0.4, -0.2) is 34.4 Å². The maximum atomic E-state index is 12.6. The van der Waals surface area contributed by atoms with Gasteiger partial charge in [0.05, 0.1) is 29.8 Å². The minimum atomic E-state index is -0.165. The fourth-order valence-electron chi connectivity index (χ4n) is 3.27. The van der Waals surface area contributed by atoms with E-state index in [4.69, 9.17) is 4.74 Å². The van der Waals surface area contributed by atoms with Gasteiger partial charge in [-0.15, -0.1) is 11.3 Å². The molecule has 6 nitrogen and oxygen atoms in total. The summed E-state index contributed by atoms with van der Waals surface area (Å²) in [6.45, 7) is 0.868. The smallest absolute Gasteiger partial charge is 0.264 e. The summed E-state index contributed by atoms with van der Waals surface area (Å²) in [5.41, 5.74) is 2.22. The van der Waals surface area contributed by atoms with Gasteiger partial charge in [0.1, 0.15) is 11.6 Å². The van der Waals surface area contributed by atoms with Gasteiger partial charge in [-0.3, -0.25) is 9.59 Å². The SMILES string of the molecule is COc1cccc(Cc2nc3c(c(=O)[nH]2)CN(C(=O)c2cccs2)CC3)c1. The van der Waals surface area contributed by atoms with Gasteiger partial charge in [-0.25, -0.2) is 4.98 Å². The van der Waals surface area contributed by atoms with E-state index in [1.165, 1.54) is 11.3 Å². The normalized spacial score (nSPS) is 13.3. The molecule has 0 radical (unpaired) electrons. The van der Waals surface area contributed by atoms with Crippen LogP contribution in [0.1, 0.15) is 32.3 Å². The van der Waals surface area contributed by atoms with Crippen LogP contribution in [0, 0.1) is 0 Å². The maximum Gasteiger partial charge on any atom is 0.264 e. The van der Waals surface area contributed by atoms with Gasteiger partial charge in [0.25, 0.3) is 11.5 Å². The third-order valence-electron chi connectivity index (χ3n) is 4.64. The van der Waals surface area contributed by atoms with Gasteiger partial charge in [-0.2, -0.15) is 0 Å². The zero-order valence-electron chi connectivity index (χ0n) is 14.9. The van der Waals surface area contributed by atoms with Gasteiger partial charge >= 0.3 is 0 Å². The summed E-state index contributed by atoms with van der Waals surface area (Å²) in [5.74, 6) is 1.37. The maximum absolute atomic E-state index is 12.6. The van der Waals surface area contributed by atoms with Crippen molar-refractivity contribution >= 4 is 17.2 Å². The Kier molecular flexibility index (Phi) is 4.77. The van der Waals surface area contributed by atoms with E-state index in [0.29, 0.717) is 42.2 Å². The van der Waals surface area contributed by atoms with Gasteiger partial charge in [0.2, 0.25) is 0 Å². The molecule has 0 aliphatic carbocycles. The number of hydrogen-bond donors (Lipinski definition) is 1. The predicted molar refractivity (Wildman–Crippen MR) is 103 cm³/mol. The van der Waals surface area contributed by atoms with Crippen LogP contribution in [0.4, 0.5) is 0 Å². The number of methoxy groups -OCH3 is 1. The van der Waals surface area contributed by atoms with E-state index in [1.54, 1.807) is 12.0 Å². The van der Waals surface area contributed by atoms with E-state index in [1.807, 2.05) is 41.8 Å². The number of nitrogens with one attached hydrogen (secondary N) is 1. The summed E-state index contributed by atoms with van der Waals surface area (Å²) >= 11 is 1.41. The molecule has 4 rings (SSSR count). The van der Waals surface area contributed by atoms with Crippen molar-refractivity contribution in [2.75, 3.05) is 13.7 Å². The van der Waals surface area contributed by atoms with Crippen LogP contribution in [0.5, 0.6) is 5.75 Å². The van der Waals surface area contributed by atoms with E-state index in [0.717, 1.165) is 17.0 Å². The number of benzene rings is 1. The zero-order chi connectivity index (χ0) is 18.8. The minimum absolute atomic E-state index is 0.0319. The number of H-pyrrole nitrogens is 1. The molecule has 27 heavy (non-hydrogen) atoms. The fourth-order valence-corrected chi connectivity index (χ4v) is 3.96. The largest absolute Gasteiger partial charge is 0.497 e. The Morgan fingerprint density at radius 2 is 2.22 bits per heavy atom. The number of aromatic nitrogens is 2. The highest BCUT2D eigenvalue weighted by atomic mass is 32.1. The first-order chi connectivity index (χ1) is 13.1. The van der Waals surface area contributed by atoms with Crippen molar-refractivity contribution in [2.24, 2.45) is 0 Å². The number of carbonyl (C=O) groups excluding carboxylic acids is 1. The molecular weight excluding hydrogens is 362 g/mol. The molecular formula is C20H19N3O3S. The second-order valence-corrected chi connectivity index (χ2v) is 7.37. The molecule has 3 heterocycles. The van der Waals surface area contributed by atoms with E-state index in [-0.39, 0.29) is 11.5 Å². The molecule has 1 aliphatic heterocycles. The number of amides is 1. The van der Waals surface area contributed by atoms with Gasteiger partial charge in [-0.1, -0.05) is 18.2 Å². The van der Waals surface area contributed by atoms with Crippen LogP contribution in [-0.2, 0) is 19.4 Å². The summed E-state index contributed by atoms with van der Waals surface area (Å²) in [4.78, 5) is 35.1. The monoisotopic (exact) mass is 381 g/mol. The van der Waals surface area contributed by atoms with E-state index < -0.39 is 0 Å². The first kappa shape index (κ1) is 17.5. The van der Waals surface area contributed by atoms with Crippen LogP contribution in [0.2, 0.25) is 0 Å². The van der Waals surface area contributed by atoms with Crippen LogP contribution >= 0.6 is 11.3 Å². The first-order valence-electron chi connectivity index (χ1n) is 8.70. The number of ether oxygens (including phenoxy) is 1. The van der Waals surface area contributed by atoms with Crippen molar-refractivity contribution in [2.45, 2.75) is 19.4 Å². The third-order valence-corrected chi connectivity index (χ3v) is 5.50. The molecule has 0 saturated heterocycles. The quantitative estimate of drug-likeness (QED) is 0.754. The lowest BCUT2D eigenvalue weighted by atomic mass is 10.1. The van der Waals surface area contributed by atoms with Crippen molar-refractivity contribution in [3.8, 4) is 5.75 Å². The van der Waals surface area contributed by atoms with Gasteiger partial charge in [0, 0.05) is 19.4 Å². The second-order valence-electron chi connectivity index (χ2n) is 6.42. The average molecular weight is 381 g/mol. The van der Waals surface area contributed by atoms with Crippen molar-refractivity contribution < 1.29 is 9.53 Å². The Hall–Kier alpha value is -2.93. The number of rotatable bonds is 4. The number of hydrogen-bond acceptors (Lipinski definition) is 5. The lowest BCUT2D eigenvalue weighted by Crippen LogP contribution is -2.39. The number of nitrogens with zero attached hydrogens (tertiary/aromatic N) is 2. The third kappa shape index (κ3) is 3.64. The van der Waals surface area contributed by atoms with E-state index in [9.17, 15) is 9.59 Å². The summed E-state index contributed by atoms with van der Waals surface area (Å²) in [5, 5.41) is 1.88. The number of thiophene rings is 1. The highest BCUT2D eigenvalue weighted by molar-refractivity contribution is 7.12. The Morgan fingerprint density at radius 3 is 3.00 bits per heavy atom. The molecule has 1 N–H and O–H groups in total. The lowest BCUT2D eigenvalue weighted by molar-refractivity contribution is 0.0737. The Balaban J connectivity index is 1.56. The van der Waals surface area contributed by atoms with Crippen LogP contribution in [0.3, 0.4) is 0 Å². The van der Waals surface area contributed by atoms with Crippen LogP contribution in [0.15, 0.2) is 46.6 Å². The summed E-state index contributed by atoms with van der Waals surface area (Å²) < 4.78 is 5.24. The van der Waals surface area contributed by atoms with Crippen LogP contribution in [0.25, 0.3) is 0 Å². The highest BCUT2D eigenvalue weighted by Gasteiger charge is 2.25. The molecule has 0 atom stereocenters. The second kappa shape index (κ2) is 7.36. The van der Waals surface area contributed by atoms with Crippen molar-refractivity contribution in [1.82, 2.24) is 14.9 Å². The molecule has 2 aromatic heterocycles. The van der Waals surface area contributed by atoms with Gasteiger partial charge in [-0.05, 0) is 29.1 Å². The topological polar surface area (TPSA) is 75.3 Å². The van der Waals surface area contributed by atoms with E-state index >= 15 is 0 Å². The molecule has 138 valence electrons. The summed E-state index contributed by atoms with van der Waals surface area (Å²) in [7, 11) is 1.63. The highest BCUT2D eigenvalue weighted by Crippen LogP contribution is 2.20. The van der Waals surface area contributed by atoms with Crippen molar-refractivity contribution in [3.05, 3.63) is 79.7 Å². The predicted octanol–water partition coefficient (Wildman–Crippen LogP) is 2.63. The number of aromatic amines is 1. The molecule has 0 fully saturated rings.